The molecule has 2 rings (SSSR count). The predicted octanol–water partition coefficient (Wildman–Crippen LogP) is 3.56. The van der Waals surface area contributed by atoms with Crippen LogP contribution in [0.3, 0.4) is 0 Å². The molecule has 1 aliphatic rings. The Morgan fingerprint density at radius 2 is 2.00 bits per heavy atom. The molecule has 0 aliphatic heterocycles. The number of methoxy groups -OCH3 is 1. The molecule has 0 spiro atoms. The third kappa shape index (κ3) is 3.01. The van der Waals surface area contributed by atoms with Crippen LogP contribution < -0.4 is 5.32 Å². The monoisotopic (exact) mass is 253 g/mol. The SMILES string of the molecule is COC1(CNC(C)c2ccc(Cl)cc2)CCC1. The van der Waals surface area contributed by atoms with Gasteiger partial charge in [-0.2, -0.15) is 0 Å². The zero-order valence-corrected chi connectivity index (χ0v) is 11.3. The lowest BCUT2D eigenvalue weighted by Gasteiger charge is -2.41. The van der Waals surface area contributed by atoms with Gasteiger partial charge in [-0.15, -0.1) is 0 Å². The minimum atomic E-state index is 0.0840. The first-order chi connectivity index (χ1) is 8.15. The van der Waals surface area contributed by atoms with Gasteiger partial charge in [-0.1, -0.05) is 23.7 Å². The van der Waals surface area contributed by atoms with E-state index in [2.05, 4.69) is 24.4 Å². The van der Waals surface area contributed by atoms with Crippen LogP contribution in [0.2, 0.25) is 5.02 Å². The van der Waals surface area contributed by atoms with Crippen LogP contribution in [-0.2, 0) is 4.74 Å². The Labute approximate surface area is 108 Å². The van der Waals surface area contributed by atoms with Crippen molar-refractivity contribution in [3.8, 4) is 0 Å². The predicted molar refractivity (Wildman–Crippen MR) is 71.5 cm³/mol. The second-order valence-electron chi connectivity index (χ2n) is 4.89. The van der Waals surface area contributed by atoms with Gasteiger partial charge < -0.3 is 10.1 Å². The summed E-state index contributed by atoms with van der Waals surface area (Å²) in [6.07, 6.45) is 3.62. The van der Waals surface area contributed by atoms with Gasteiger partial charge in [0.2, 0.25) is 0 Å². The van der Waals surface area contributed by atoms with Crippen molar-refractivity contribution in [2.75, 3.05) is 13.7 Å². The molecule has 17 heavy (non-hydrogen) atoms. The first-order valence-electron chi connectivity index (χ1n) is 6.19. The molecule has 1 atom stereocenters. The summed E-state index contributed by atoms with van der Waals surface area (Å²) in [7, 11) is 1.81. The Hall–Kier alpha value is -0.570. The number of rotatable bonds is 5. The van der Waals surface area contributed by atoms with Crippen LogP contribution >= 0.6 is 11.6 Å². The summed E-state index contributed by atoms with van der Waals surface area (Å²) in [5, 5.41) is 4.33. The van der Waals surface area contributed by atoms with Crippen LogP contribution in [0, 0.1) is 0 Å². The smallest absolute Gasteiger partial charge is 0.0802 e. The highest BCUT2D eigenvalue weighted by molar-refractivity contribution is 6.30. The highest BCUT2D eigenvalue weighted by Gasteiger charge is 2.36. The van der Waals surface area contributed by atoms with Gasteiger partial charge in [0.1, 0.15) is 0 Å². The molecular weight excluding hydrogens is 234 g/mol. The fourth-order valence-electron chi connectivity index (χ4n) is 2.23. The van der Waals surface area contributed by atoms with Gasteiger partial charge in [-0.05, 0) is 43.9 Å². The zero-order chi connectivity index (χ0) is 12.3. The third-order valence-electron chi connectivity index (χ3n) is 3.80. The summed E-state index contributed by atoms with van der Waals surface area (Å²) < 4.78 is 5.60. The van der Waals surface area contributed by atoms with E-state index in [1.54, 1.807) is 0 Å². The molecule has 1 aliphatic carbocycles. The largest absolute Gasteiger partial charge is 0.377 e. The molecule has 0 radical (unpaired) electrons. The van der Waals surface area contributed by atoms with Crippen molar-refractivity contribution < 1.29 is 4.74 Å². The fourth-order valence-corrected chi connectivity index (χ4v) is 2.36. The molecule has 3 heteroatoms. The Kier molecular flexibility index (Phi) is 4.08. The molecule has 0 heterocycles. The summed E-state index contributed by atoms with van der Waals surface area (Å²) in [5.74, 6) is 0. The number of halogens is 1. The molecule has 1 aromatic rings. The van der Waals surface area contributed by atoms with Crippen LogP contribution in [0.5, 0.6) is 0 Å². The molecule has 1 aromatic carbocycles. The minimum absolute atomic E-state index is 0.0840. The maximum Gasteiger partial charge on any atom is 0.0802 e. The lowest BCUT2D eigenvalue weighted by atomic mass is 9.80. The molecule has 0 saturated heterocycles. The van der Waals surface area contributed by atoms with Crippen molar-refractivity contribution in [3.63, 3.8) is 0 Å². The number of benzene rings is 1. The molecule has 1 unspecified atom stereocenters. The Morgan fingerprint density at radius 3 is 2.47 bits per heavy atom. The van der Waals surface area contributed by atoms with Crippen LogP contribution in [0.25, 0.3) is 0 Å². The third-order valence-corrected chi connectivity index (χ3v) is 4.05. The Bertz CT molecular complexity index is 353. The van der Waals surface area contributed by atoms with E-state index in [9.17, 15) is 0 Å². The first-order valence-corrected chi connectivity index (χ1v) is 6.57. The summed E-state index contributed by atoms with van der Waals surface area (Å²) in [6, 6.07) is 8.34. The topological polar surface area (TPSA) is 21.3 Å². The van der Waals surface area contributed by atoms with Gasteiger partial charge in [-0.3, -0.25) is 0 Å². The quantitative estimate of drug-likeness (QED) is 0.866. The van der Waals surface area contributed by atoms with E-state index in [0.29, 0.717) is 6.04 Å². The summed E-state index contributed by atoms with van der Waals surface area (Å²) >= 11 is 5.88. The Balaban J connectivity index is 1.88. The van der Waals surface area contributed by atoms with Crippen molar-refractivity contribution in [3.05, 3.63) is 34.9 Å². The number of hydrogen-bond donors (Lipinski definition) is 1. The Morgan fingerprint density at radius 1 is 1.35 bits per heavy atom. The molecule has 0 aromatic heterocycles. The van der Waals surface area contributed by atoms with Crippen LogP contribution in [-0.4, -0.2) is 19.3 Å². The summed E-state index contributed by atoms with van der Waals surface area (Å²) in [5.41, 5.74) is 1.35. The minimum Gasteiger partial charge on any atom is -0.377 e. The van der Waals surface area contributed by atoms with Crippen LogP contribution in [0.15, 0.2) is 24.3 Å². The summed E-state index contributed by atoms with van der Waals surface area (Å²) in [4.78, 5) is 0. The zero-order valence-electron chi connectivity index (χ0n) is 10.5. The average molecular weight is 254 g/mol. The van der Waals surface area contributed by atoms with E-state index in [1.165, 1.54) is 24.8 Å². The van der Waals surface area contributed by atoms with E-state index < -0.39 is 0 Å². The number of hydrogen-bond acceptors (Lipinski definition) is 2. The highest BCUT2D eigenvalue weighted by atomic mass is 35.5. The molecule has 0 bridgehead atoms. The molecule has 94 valence electrons. The van der Waals surface area contributed by atoms with Crippen molar-refractivity contribution >= 4 is 11.6 Å². The van der Waals surface area contributed by atoms with Crippen molar-refractivity contribution in [1.82, 2.24) is 5.32 Å². The number of ether oxygens (including phenoxy) is 1. The molecular formula is C14H20ClNO. The molecule has 2 nitrogen and oxygen atoms in total. The van der Waals surface area contributed by atoms with E-state index in [0.717, 1.165) is 11.6 Å². The molecule has 0 amide bonds. The average Bonchev–Trinajstić information content (AvgIpc) is 2.29. The van der Waals surface area contributed by atoms with E-state index in [1.807, 2.05) is 19.2 Å². The van der Waals surface area contributed by atoms with E-state index in [-0.39, 0.29) is 5.60 Å². The summed E-state index contributed by atoms with van der Waals surface area (Å²) in [6.45, 7) is 3.10. The van der Waals surface area contributed by atoms with Gasteiger partial charge >= 0.3 is 0 Å². The maximum absolute atomic E-state index is 5.88. The lowest BCUT2D eigenvalue weighted by Crippen LogP contribution is -2.48. The highest BCUT2D eigenvalue weighted by Crippen LogP contribution is 2.34. The van der Waals surface area contributed by atoms with Crippen molar-refractivity contribution in [2.24, 2.45) is 0 Å². The number of nitrogens with one attached hydrogen (secondary N) is 1. The standard InChI is InChI=1S/C14H20ClNO/c1-11(12-4-6-13(15)7-5-12)16-10-14(17-2)8-3-9-14/h4-7,11,16H,3,8-10H2,1-2H3. The molecule has 1 N–H and O–H groups in total. The lowest BCUT2D eigenvalue weighted by molar-refractivity contribution is -0.0706. The van der Waals surface area contributed by atoms with E-state index >= 15 is 0 Å². The van der Waals surface area contributed by atoms with E-state index in [4.69, 9.17) is 16.3 Å². The van der Waals surface area contributed by atoms with Gasteiger partial charge in [0, 0.05) is 24.7 Å². The van der Waals surface area contributed by atoms with Crippen LogP contribution in [0.4, 0.5) is 0 Å². The molecule has 1 fully saturated rings. The van der Waals surface area contributed by atoms with Gasteiger partial charge in [-0.25, -0.2) is 0 Å². The maximum atomic E-state index is 5.88. The van der Waals surface area contributed by atoms with Crippen molar-refractivity contribution in [2.45, 2.75) is 37.8 Å². The van der Waals surface area contributed by atoms with Gasteiger partial charge in [0.15, 0.2) is 0 Å². The second kappa shape index (κ2) is 5.38. The van der Waals surface area contributed by atoms with Gasteiger partial charge in [0.05, 0.1) is 5.60 Å². The fraction of sp³-hybridized carbons (Fsp3) is 0.571. The van der Waals surface area contributed by atoms with Crippen molar-refractivity contribution in [1.29, 1.82) is 0 Å². The first kappa shape index (κ1) is 12.9. The second-order valence-corrected chi connectivity index (χ2v) is 5.33. The molecule has 1 saturated carbocycles. The van der Waals surface area contributed by atoms with Crippen LogP contribution in [0.1, 0.15) is 37.8 Å². The van der Waals surface area contributed by atoms with Gasteiger partial charge in [0.25, 0.3) is 0 Å². The normalized spacial score (nSPS) is 19.7.